The van der Waals surface area contributed by atoms with Gasteiger partial charge in [-0.2, -0.15) is 0 Å². The number of likely N-dealkylation sites (tertiary alicyclic amines) is 1. The van der Waals surface area contributed by atoms with E-state index in [1.165, 1.54) is 38.6 Å². The second-order valence-corrected chi connectivity index (χ2v) is 7.42. The Kier molecular flexibility index (Phi) is 4.91. The van der Waals surface area contributed by atoms with Crippen LogP contribution in [-0.4, -0.2) is 61.7 Å². The zero-order chi connectivity index (χ0) is 14.0. The summed E-state index contributed by atoms with van der Waals surface area (Å²) >= 11 is 0. The predicted octanol–water partition coefficient (Wildman–Crippen LogP) is 2.18. The molecule has 0 aromatic heterocycles. The second kappa shape index (κ2) is 6.11. The standard InChI is InChI=1S/C16H33N3/c1-13-7-6-8-16(10-13,18(3)4)12-17-15-9-14(2)19(5)11-15/h13-15,17H,6-12H2,1-5H3. The van der Waals surface area contributed by atoms with Crippen LogP contribution in [0.15, 0.2) is 0 Å². The molecule has 1 heterocycles. The largest absolute Gasteiger partial charge is 0.311 e. The van der Waals surface area contributed by atoms with Crippen LogP contribution in [0.3, 0.4) is 0 Å². The monoisotopic (exact) mass is 267 g/mol. The normalized spacial score (nSPS) is 41.1. The highest BCUT2D eigenvalue weighted by Gasteiger charge is 2.38. The number of nitrogens with zero attached hydrogens (tertiary/aromatic N) is 2. The average Bonchev–Trinajstić information content (AvgIpc) is 2.66. The van der Waals surface area contributed by atoms with Gasteiger partial charge in [0.2, 0.25) is 0 Å². The minimum atomic E-state index is 0.391. The fourth-order valence-corrected chi connectivity index (χ4v) is 4.03. The van der Waals surface area contributed by atoms with Crippen LogP contribution in [0.4, 0.5) is 0 Å². The van der Waals surface area contributed by atoms with Crippen LogP contribution in [0.25, 0.3) is 0 Å². The van der Waals surface area contributed by atoms with Gasteiger partial charge in [0.05, 0.1) is 0 Å². The van der Waals surface area contributed by atoms with Gasteiger partial charge in [0, 0.05) is 30.7 Å². The summed E-state index contributed by atoms with van der Waals surface area (Å²) in [5.41, 5.74) is 0.391. The fraction of sp³-hybridized carbons (Fsp3) is 1.00. The van der Waals surface area contributed by atoms with E-state index in [1.54, 1.807) is 0 Å². The highest BCUT2D eigenvalue weighted by atomic mass is 15.2. The van der Waals surface area contributed by atoms with Crippen LogP contribution in [0, 0.1) is 5.92 Å². The number of rotatable bonds is 4. The third kappa shape index (κ3) is 3.50. The maximum atomic E-state index is 3.87. The first-order chi connectivity index (χ1) is 8.93. The number of hydrogen-bond acceptors (Lipinski definition) is 3. The van der Waals surface area contributed by atoms with Crippen molar-refractivity contribution >= 4 is 0 Å². The van der Waals surface area contributed by atoms with Crippen molar-refractivity contribution in [1.82, 2.24) is 15.1 Å². The van der Waals surface area contributed by atoms with Gasteiger partial charge < -0.3 is 15.1 Å². The topological polar surface area (TPSA) is 18.5 Å². The first-order valence-corrected chi connectivity index (χ1v) is 8.04. The second-order valence-electron chi connectivity index (χ2n) is 7.42. The summed E-state index contributed by atoms with van der Waals surface area (Å²) in [7, 11) is 6.78. The van der Waals surface area contributed by atoms with E-state index in [0.717, 1.165) is 18.5 Å². The Morgan fingerprint density at radius 2 is 2.05 bits per heavy atom. The number of likely N-dealkylation sites (N-methyl/N-ethyl adjacent to an activating group) is 2. The SMILES string of the molecule is CC1CCCC(CNC2CC(C)N(C)C2)(N(C)C)C1. The Morgan fingerprint density at radius 3 is 2.58 bits per heavy atom. The molecule has 3 heteroatoms. The third-order valence-electron chi connectivity index (χ3n) is 5.62. The molecule has 19 heavy (non-hydrogen) atoms. The molecule has 0 aromatic rings. The van der Waals surface area contributed by atoms with Gasteiger partial charge in [-0.05, 0) is 53.2 Å². The Morgan fingerprint density at radius 1 is 1.32 bits per heavy atom. The maximum absolute atomic E-state index is 3.87. The Hall–Kier alpha value is -0.120. The van der Waals surface area contributed by atoms with Gasteiger partial charge in [-0.1, -0.05) is 19.8 Å². The Balaban J connectivity index is 1.91. The van der Waals surface area contributed by atoms with Crippen molar-refractivity contribution in [3.8, 4) is 0 Å². The molecule has 4 unspecified atom stereocenters. The van der Waals surface area contributed by atoms with Gasteiger partial charge in [0.1, 0.15) is 0 Å². The molecule has 1 aliphatic heterocycles. The molecular formula is C16H33N3. The molecule has 0 spiro atoms. The van der Waals surface area contributed by atoms with Gasteiger partial charge >= 0.3 is 0 Å². The van der Waals surface area contributed by atoms with Crippen molar-refractivity contribution in [2.45, 2.75) is 63.6 Å². The molecule has 4 atom stereocenters. The molecule has 0 aromatic carbocycles. The first-order valence-electron chi connectivity index (χ1n) is 8.04. The smallest absolute Gasteiger partial charge is 0.0330 e. The fourth-order valence-electron chi connectivity index (χ4n) is 4.03. The van der Waals surface area contributed by atoms with Gasteiger partial charge in [-0.25, -0.2) is 0 Å². The molecule has 0 bridgehead atoms. The molecular weight excluding hydrogens is 234 g/mol. The molecule has 1 saturated carbocycles. The van der Waals surface area contributed by atoms with Crippen LogP contribution >= 0.6 is 0 Å². The Labute approximate surface area is 119 Å². The Bertz CT molecular complexity index is 282. The lowest BCUT2D eigenvalue weighted by molar-refractivity contribution is 0.0725. The quantitative estimate of drug-likeness (QED) is 0.842. The van der Waals surface area contributed by atoms with E-state index in [2.05, 4.69) is 50.1 Å². The summed E-state index contributed by atoms with van der Waals surface area (Å²) in [5.74, 6) is 0.878. The molecule has 2 aliphatic rings. The molecule has 0 amide bonds. The molecule has 1 N–H and O–H groups in total. The predicted molar refractivity (Wildman–Crippen MR) is 82.5 cm³/mol. The summed E-state index contributed by atoms with van der Waals surface area (Å²) in [6.07, 6.45) is 6.82. The van der Waals surface area contributed by atoms with E-state index in [1.807, 2.05) is 0 Å². The van der Waals surface area contributed by atoms with E-state index < -0.39 is 0 Å². The lowest BCUT2D eigenvalue weighted by atomic mass is 9.75. The van der Waals surface area contributed by atoms with Gasteiger partial charge in [-0.15, -0.1) is 0 Å². The minimum absolute atomic E-state index is 0.391. The molecule has 1 aliphatic carbocycles. The van der Waals surface area contributed by atoms with Crippen LogP contribution in [0.1, 0.15) is 46.0 Å². The molecule has 2 rings (SSSR count). The zero-order valence-electron chi connectivity index (χ0n) is 13.6. The number of nitrogens with one attached hydrogen (secondary N) is 1. The highest BCUT2D eigenvalue weighted by molar-refractivity contribution is 4.96. The van der Waals surface area contributed by atoms with Crippen molar-refractivity contribution in [2.75, 3.05) is 34.2 Å². The maximum Gasteiger partial charge on any atom is 0.0330 e. The summed E-state index contributed by atoms with van der Waals surface area (Å²) < 4.78 is 0. The van der Waals surface area contributed by atoms with Crippen molar-refractivity contribution in [3.63, 3.8) is 0 Å². The van der Waals surface area contributed by atoms with Crippen LogP contribution in [0.2, 0.25) is 0 Å². The van der Waals surface area contributed by atoms with Gasteiger partial charge in [0.25, 0.3) is 0 Å². The van der Waals surface area contributed by atoms with Crippen molar-refractivity contribution < 1.29 is 0 Å². The van der Waals surface area contributed by atoms with E-state index in [4.69, 9.17) is 0 Å². The summed E-state index contributed by atoms with van der Waals surface area (Å²) in [5, 5.41) is 3.87. The summed E-state index contributed by atoms with van der Waals surface area (Å²) in [4.78, 5) is 4.96. The molecule has 112 valence electrons. The highest BCUT2D eigenvalue weighted by Crippen LogP contribution is 2.35. The average molecular weight is 267 g/mol. The van der Waals surface area contributed by atoms with E-state index in [-0.39, 0.29) is 0 Å². The van der Waals surface area contributed by atoms with Crippen molar-refractivity contribution in [3.05, 3.63) is 0 Å². The summed E-state index contributed by atoms with van der Waals surface area (Å²) in [6.45, 7) is 7.13. The van der Waals surface area contributed by atoms with Crippen LogP contribution in [-0.2, 0) is 0 Å². The minimum Gasteiger partial charge on any atom is -0.311 e. The third-order valence-corrected chi connectivity index (χ3v) is 5.62. The number of hydrogen-bond donors (Lipinski definition) is 1. The molecule has 0 radical (unpaired) electrons. The van der Waals surface area contributed by atoms with E-state index in [0.29, 0.717) is 11.6 Å². The lowest BCUT2D eigenvalue weighted by Gasteiger charge is -2.46. The van der Waals surface area contributed by atoms with Crippen molar-refractivity contribution in [1.29, 1.82) is 0 Å². The first kappa shape index (κ1) is 15.3. The molecule has 2 fully saturated rings. The van der Waals surface area contributed by atoms with Crippen LogP contribution < -0.4 is 5.32 Å². The lowest BCUT2D eigenvalue weighted by Crippen LogP contribution is -2.55. The zero-order valence-corrected chi connectivity index (χ0v) is 13.6. The van der Waals surface area contributed by atoms with Gasteiger partial charge in [0.15, 0.2) is 0 Å². The molecule has 3 nitrogen and oxygen atoms in total. The van der Waals surface area contributed by atoms with Crippen molar-refractivity contribution in [2.24, 2.45) is 5.92 Å². The van der Waals surface area contributed by atoms with E-state index in [9.17, 15) is 0 Å². The summed E-state index contributed by atoms with van der Waals surface area (Å²) in [6, 6.07) is 1.42. The van der Waals surface area contributed by atoms with E-state index >= 15 is 0 Å². The molecule has 1 saturated heterocycles. The van der Waals surface area contributed by atoms with Gasteiger partial charge in [-0.3, -0.25) is 0 Å². The van der Waals surface area contributed by atoms with Crippen LogP contribution in [0.5, 0.6) is 0 Å².